The maximum absolute atomic E-state index is 12.5. The number of allylic oxidation sites excluding steroid dienone is 2. The Morgan fingerprint density at radius 2 is 0.671 bits per heavy atom. The standard InChI is InChI=1S/C64H125NO5/c1-3-5-7-9-11-13-15-17-19-21-23-24-25-26-27-29-30-32-34-36-40-44-48-52-56-62(67)61(60-66)65-63(68)57-53-49-45-41-38-39-43-47-51-55-59-70-64(69)58-54-50-46-42-37-35-33-31-28-22-20-18-16-14-12-10-8-6-4-2/h39,43,61-62,66-67H,3-38,40-42,44-60H2,1-2H3,(H,65,68)/b43-39-. The van der Waals surface area contributed by atoms with Crippen LogP contribution in [-0.4, -0.2) is 47.4 Å². The van der Waals surface area contributed by atoms with Gasteiger partial charge in [-0.25, -0.2) is 0 Å². The topological polar surface area (TPSA) is 95.9 Å². The van der Waals surface area contributed by atoms with Crippen LogP contribution in [0, 0.1) is 0 Å². The molecular formula is C64H125NO5. The highest BCUT2D eigenvalue weighted by molar-refractivity contribution is 5.76. The van der Waals surface area contributed by atoms with Gasteiger partial charge < -0.3 is 20.3 Å². The van der Waals surface area contributed by atoms with E-state index >= 15 is 0 Å². The van der Waals surface area contributed by atoms with E-state index in [0.717, 1.165) is 77.0 Å². The lowest BCUT2D eigenvalue weighted by molar-refractivity contribution is -0.143. The molecule has 0 rings (SSSR count). The highest BCUT2D eigenvalue weighted by atomic mass is 16.5. The number of aliphatic hydroxyl groups excluding tert-OH is 2. The van der Waals surface area contributed by atoms with E-state index in [1.165, 1.54) is 250 Å². The second-order valence-corrected chi connectivity index (χ2v) is 22.1. The molecule has 6 nitrogen and oxygen atoms in total. The summed E-state index contributed by atoms with van der Waals surface area (Å²) in [4.78, 5) is 24.6. The summed E-state index contributed by atoms with van der Waals surface area (Å²) in [5, 5.41) is 23.4. The number of amides is 1. The SMILES string of the molecule is CCCCCCCCCCCCCCCCCCCCCCCCCCC(O)C(CO)NC(=O)CCCCCC/C=C\CCCCOC(=O)CCCCCCCCCCCCCCCCCCCCC. The van der Waals surface area contributed by atoms with Gasteiger partial charge in [0.1, 0.15) is 0 Å². The quantitative estimate of drug-likeness (QED) is 0.0321. The molecule has 0 aromatic carbocycles. The molecule has 0 bridgehead atoms. The predicted molar refractivity (Wildman–Crippen MR) is 306 cm³/mol. The van der Waals surface area contributed by atoms with Crippen LogP contribution in [0.15, 0.2) is 12.2 Å². The summed E-state index contributed by atoms with van der Waals surface area (Å²) in [6.45, 7) is 4.91. The lowest BCUT2D eigenvalue weighted by atomic mass is 10.0. The van der Waals surface area contributed by atoms with Crippen molar-refractivity contribution >= 4 is 11.9 Å². The van der Waals surface area contributed by atoms with Crippen molar-refractivity contribution in [2.24, 2.45) is 0 Å². The van der Waals surface area contributed by atoms with Crippen LogP contribution in [0.25, 0.3) is 0 Å². The lowest BCUT2D eigenvalue weighted by Gasteiger charge is -2.22. The normalized spacial score (nSPS) is 12.6. The van der Waals surface area contributed by atoms with Crippen LogP contribution < -0.4 is 5.32 Å². The zero-order valence-corrected chi connectivity index (χ0v) is 47.5. The smallest absolute Gasteiger partial charge is 0.305 e. The van der Waals surface area contributed by atoms with Crippen molar-refractivity contribution in [3.8, 4) is 0 Å². The van der Waals surface area contributed by atoms with Gasteiger partial charge >= 0.3 is 5.97 Å². The average Bonchev–Trinajstić information content (AvgIpc) is 3.36. The van der Waals surface area contributed by atoms with Crippen LogP contribution in [0.3, 0.4) is 0 Å². The van der Waals surface area contributed by atoms with Gasteiger partial charge in [0, 0.05) is 12.8 Å². The van der Waals surface area contributed by atoms with E-state index in [1.807, 2.05) is 0 Å². The molecule has 2 unspecified atom stereocenters. The van der Waals surface area contributed by atoms with Crippen molar-refractivity contribution in [3.05, 3.63) is 12.2 Å². The zero-order valence-electron chi connectivity index (χ0n) is 47.5. The minimum absolute atomic E-state index is 0.0300. The number of esters is 1. The van der Waals surface area contributed by atoms with Crippen molar-refractivity contribution in [2.75, 3.05) is 13.2 Å². The number of aliphatic hydroxyl groups is 2. The van der Waals surface area contributed by atoms with E-state index < -0.39 is 12.1 Å². The summed E-state index contributed by atoms with van der Waals surface area (Å²) in [5.41, 5.74) is 0. The minimum Gasteiger partial charge on any atom is -0.466 e. The molecule has 6 heteroatoms. The molecular weight excluding hydrogens is 863 g/mol. The van der Waals surface area contributed by atoms with Crippen molar-refractivity contribution in [1.29, 1.82) is 0 Å². The zero-order chi connectivity index (χ0) is 50.7. The Bertz CT molecular complexity index is 1050. The molecule has 0 saturated heterocycles. The molecule has 0 aromatic rings. The summed E-state index contributed by atoms with van der Waals surface area (Å²) in [7, 11) is 0. The monoisotopic (exact) mass is 988 g/mol. The van der Waals surface area contributed by atoms with Gasteiger partial charge in [0.25, 0.3) is 0 Å². The molecule has 0 spiro atoms. The molecule has 0 aliphatic carbocycles. The van der Waals surface area contributed by atoms with Gasteiger partial charge in [-0.05, 0) is 51.4 Å². The maximum atomic E-state index is 12.5. The van der Waals surface area contributed by atoms with Crippen LogP contribution in [-0.2, 0) is 14.3 Å². The van der Waals surface area contributed by atoms with Gasteiger partial charge in [-0.15, -0.1) is 0 Å². The third kappa shape index (κ3) is 55.9. The first-order chi connectivity index (χ1) is 34.5. The molecule has 0 fully saturated rings. The van der Waals surface area contributed by atoms with Crippen LogP contribution in [0.1, 0.15) is 361 Å². The number of ether oxygens (including phenoxy) is 1. The van der Waals surface area contributed by atoms with Gasteiger partial charge in [-0.3, -0.25) is 9.59 Å². The fraction of sp³-hybridized carbons (Fsp3) is 0.938. The number of nitrogens with one attached hydrogen (secondary N) is 1. The van der Waals surface area contributed by atoms with Gasteiger partial charge in [0.05, 0.1) is 25.4 Å². The number of carbonyl (C=O) groups excluding carboxylic acids is 2. The first-order valence-electron chi connectivity index (χ1n) is 31.9. The summed E-state index contributed by atoms with van der Waals surface area (Å²) in [6.07, 6.45) is 72.3. The summed E-state index contributed by atoms with van der Waals surface area (Å²) < 4.78 is 5.46. The molecule has 0 radical (unpaired) electrons. The number of carbonyl (C=O) groups is 2. The summed E-state index contributed by atoms with van der Waals surface area (Å²) in [5.74, 6) is -0.0958. The second kappa shape index (κ2) is 60.2. The van der Waals surface area contributed by atoms with E-state index in [4.69, 9.17) is 4.74 Å². The number of rotatable bonds is 60. The minimum atomic E-state index is -0.686. The average molecular weight is 989 g/mol. The van der Waals surface area contributed by atoms with Gasteiger partial charge in [-0.2, -0.15) is 0 Å². The molecule has 0 saturated carbocycles. The van der Waals surface area contributed by atoms with Gasteiger partial charge in [-0.1, -0.05) is 309 Å². The molecule has 0 aromatic heterocycles. The van der Waals surface area contributed by atoms with Crippen LogP contribution >= 0.6 is 0 Å². The lowest BCUT2D eigenvalue weighted by Crippen LogP contribution is -2.45. The highest BCUT2D eigenvalue weighted by Crippen LogP contribution is 2.18. The maximum Gasteiger partial charge on any atom is 0.305 e. The Kier molecular flexibility index (Phi) is 59.0. The van der Waals surface area contributed by atoms with E-state index in [2.05, 4.69) is 31.3 Å². The largest absolute Gasteiger partial charge is 0.466 e. The van der Waals surface area contributed by atoms with Crippen LogP contribution in [0.4, 0.5) is 0 Å². The molecule has 1 amide bonds. The van der Waals surface area contributed by atoms with E-state index in [0.29, 0.717) is 25.9 Å². The van der Waals surface area contributed by atoms with Crippen molar-refractivity contribution < 1.29 is 24.5 Å². The fourth-order valence-corrected chi connectivity index (χ4v) is 10.2. The number of hydrogen-bond acceptors (Lipinski definition) is 5. The molecule has 416 valence electrons. The molecule has 70 heavy (non-hydrogen) atoms. The van der Waals surface area contributed by atoms with Crippen LogP contribution in [0.2, 0.25) is 0 Å². The Morgan fingerprint density at radius 1 is 0.386 bits per heavy atom. The Labute approximate surface area is 438 Å². The van der Waals surface area contributed by atoms with E-state index in [1.54, 1.807) is 0 Å². The van der Waals surface area contributed by atoms with Crippen molar-refractivity contribution in [1.82, 2.24) is 5.32 Å². The number of unbranched alkanes of at least 4 members (excludes halogenated alkanes) is 47. The molecule has 0 aliphatic rings. The third-order valence-electron chi connectivity index (χ3n) is 15.1. The Balaban J connectivity index is 3.46. The first-order valence-corrected chi connectivity index (χ1v) is 31.9. The van der Waals surface area contributed by atoms with Gasteiger partial charge in [0.2, 0.25) is 5.91 Å². The molecule has 0 heterocycles. The number of hydrogen-bond donors (Lipinski definition) is 3. The van der Waals surface area contributed by atoms with Crippen molar-refractivity contribution in [2.45, 2.75) is 373 Å². The van der Waals surface area contributed by atoms with Gasteiger partial charge in [0.15, 0.2) is 0 Å². The fourth-order valence-electron chi connectivity index (χ4n) is 10.2. The second-order valence-electron chi connectivity index (χ2n) is 22.1. The van der Waals surface area contributed by atoms with E-state index in [9.17, 15) is 19.8 Å². The Morgan fingerprint density at radius 3 is 1.01 bits per heavy atom. The van der Waals surface area contributed by atoms with E-state index in [-0.39, 0.29) is 18.5 Å². The predicted octanol–water partition coefficient (Wildman–Crippen LogP) is 20.0. The molecule has 3 N–H and O–H groups in total. The summed E-state index contributed by atoms with van der Waals surface area (Å²) >= 11 is 0. The third-order valence-corrected chi connectivity index (χ3v) is 15.1. The Hall–Kier alpha value is -1.40. The van der Waals surface area contributed by atoms with Crippen LogP contribution in [0.5, 0.6) is 0 Å². The summed E-state index contributed by atoms with van der Waals surface area (Å²) in [6, 6.07) is -0.567. The highest BCUT2D eigenvalue weighted by Gasteiger charge is 2.20. The first kappa shape index (κ1) is 68.6. The molecule has 0 aliphatic heterocycles. The van der Waals surface area contributed by atoms with Crippen molar-refractivity contribution in [3.63, 3.8) is 0 Å². The molecule has 2 atom stereocenters.